The van der Waals surface area contributed by atoms with E-state index in [2.05, 4.69) is 0 Å². The Morgan fingerprint density at radius 1 is 1.11 bits per heavy atom. The number of piperidine rings is 1. The summed E-state index contributed by atoms with van der Waals surface area (Å²) in [6.07, 6.45) is 0.483. The molecule has 2 aromatic rings. The second-order valence-corrected chi connectivity index (χ2v) is 9.67. The average Bonchev–Trinajstić information content (AvgIpc) is 2.73. The second-order valence-electron chi connectivity index (χ2n) is 7.44. The molecule has 0 bridgehead atoms. The van der Waals surface area contributed by atoms with Crippen LogP contribution in [0.1, 0.15) is 23.5 Å². The van der Waals surface area contributed by atoms with E-state index in [0.717, 1.165) is 11.1 Å². The van der Waals surface area contributed by atoms with Gasteiger partial charge in [0.2, 0.25) is 0 Å². The van der Waals surface area contributed by atoms with Crippen LogP contribution >= 0.6 is 0 Å². The minimum Gasteiger partial charge on any atom is -0.331 e. The van der Waals surface area contributed by atoms with E-state index in [1.165, 1.54) is 4.90 Å². The molecule has 0 radical (unpaired) electrons. The molecular formula is C21H27N3O3S. The van der Waals surface area contributed by atoms with Gasteiger partial charge in [-0.05, 0) is 29.7 Å². The lowest BCUT2D eigenvalue weighted by atomic mass is 9.90. The zero-order valence-electron chi connectivity index (χ0n) is 16.3. The van der Waals surface area contributed by atoms with Crippen molar-refractivity contribution in [3.63, 3.8) is 0 Å². The topological polar surface area (TPSA) is 83.7 Å². The Kier molecular flexibility index (Phi) is 6.05. The standard InChI is InChI=1S/C21H27N3O3S/c1-23(2)21(25)24-14-18(17-8-4-3-5-9-17)12-20(15-24)28(26,27)19-10-6-7-16(11-19)13-22/h3-11,18,20H,12-15,22H2,1-2H3/t18-,20+/m0/s1. The van der Waals surface area contributed by atoms with Crippen LogP contribution < -0.4 is 5.73 Å². The lowest BCUT2D eigenvalue weighted by molar-refractivity contribution is 0.155. The van der Waals surface area contributed by atoms with Gasteiger partial charge < -0.3 is 15.5 Å². The molecule has 0 saturated carbocycles. The summed E-state index contributed by atoms with van der Waals surface area (Å²) in [5.74, 6) is -0.0312. The van der Waals surface area contributed by atoms with E-state index in [4.69, 9.17) is 5.73 Å². The van der Waals surface area contributed by atoms with Gasteiger partial charge in [0.1, 0.15) is 0 Å². The summed E-state index contributed by atoms with van der Waals surface area (Å²) in [4.78, 5) is 16.0. The third kappa shape index (κ3) is 4.20. The van der Waals surface area contributed by atoms with Gasteiger partial charge in [-0.2, -0.15) is 0 Å². The molecule has 6 nitrogen and oxygen atoms in total. The molecule has 150 valence electrons. The van der Waals surface area contributed by atoms with Crippen LogP contribution in [-0.2, 0) is 16.4 Å². The number of hydrogen-bond acceptors (Lipinski definition) is 4. The minimum atomic E-state index is -3.60. The molecule has 1 aliphatic heterocycles. The molecule has 1 saturated heterocycles. The Hall–Kier alpha value is -2.38. The van der Waals surface area contributed by atoms with Crippen molar-refractivity contribution in [1.29, 1.82) is 0 Å². The highest BCUT2D eigenvalue weighted by Crippen LogP contribution is 2.33. The van der Waals surface area contributed by atoms with E-state index < -0.39 is 15.1 Å². The molecule has 7 heteroatoms. The first kappa shape index (κ1) is 20.4. The molecule has 3 rings (SSSR count). The quantitative estimate of drug-likeness (QED) is 0.853. The number of hydrogen-bond donors (Lipinski definition) is 1. The molecule has 28 heavy (non-hydrogen) atoms. The molecule has 1 heterocycles. The van der Waals surface area contributed by atoms with E-state index in [0.29, 0.717) is 13.0 Å². The van der Waals surface area contributed by atoms with Crippen molar-refractivity contribution in [3.05, 3.63) is 65.7 Å². The molecule has 2 amide bonds. The predicted molar refractivity (Wildman–Crippen MR) is 110 cm³/mol. The van der Waals surface area contributed by atoms with Crippen LogP contribution in [0.25, 0.3) is 0 Å². The molecule has 2 atom stereocenters. The van der Waals surface area contributed by atoms with Crippen LogP contribution in [-0.4, -0.2) is 56.7 Å². The highest BCUT2D eigenvalue weighted by molar-refractivity contribution is 7.92. The molecular weight excluding hydrogens is 374 g/mol. The van der Waals surface area contributed by atoms with Gasteiger partial charge in [-0.15, -0.1) is 0 Å². The highest BCUT2D eigenvalue weighted by atomic mass is 32.2. The van der Waals surface area contributed by atoms with Crippen molar-refractivity contribution in [3.8, 4) is 0 Å². The maximum absolute atomic E-state index is 13.4. The molecule has 0 aliphatic carbocycles. The summed E-state index contributed by atoms with van der Waals surface area (Å²) in [7, 11) is -0.229. The zero-order valence-corrected chi connectivity index (χ0v) is 17.1. The fourth-order valence-corrected chi connectivity index (χ4v) is 5.56. The number of benzene rings is 2. The van der Waals surface area contributed by atoms with Crippen LogP contribution in [0, 0.1) is 0 Å². The van der Waals surface area contributed by atoms with Gasteiger partial charge in [0.05, 0.1) is 10.1 Å². The Labute approximate surface area is 166 Å². The lowest BCUT2D eigenvalue weighted by Gasteiger charge is -2.38. The number of nitrogens with zero attached hydrogens (tertiary/aromatic N) is 2. The van der Waals surface area contributed by atoms with Gasteiger partial charge >= 0.3 is 6.03 Å². The van der Waals surface area contributed by atoms with Crippen LogP contribution in [0.15, 0.2) is 59.5 Å². The largest absolute Gasteiger partial charge is 0.331 e. The number of carbonyl (C=O) groups is 1. The first-order valence-corrected chi connectivity index (χ1v) is 10.9. The summed E-state index contributed by atoms with van der Waals surface area (Å²) in [6, 6.07) is 16.4. The van der Waals surface area contributed by atoms with Crippen molar-refractivity contribution in [2.45, 2.75) is 29.0 Å². The summed E-state index contributed by atoms with van der Waals surface area (Å²) in [5, 5.41) is -0.664. The number of rotatable bonds is 4. The Morgan fingerprint density at radius 2 is 1.82 bits per heavy atom. The molecule has 0 aromatic heterocycles. The monoisotopic (exact) mass is 401 g/mol. The van der Waals surface area contributed by atoms with Gasteiger partial charge in [0.15, 0.2) is 9.84 Å². The van der Waals surface area contributed by atoms with Gasteiger partial charge in [0.25, 0.3) is 0 Å². The van der Waals surface area contributed by atoms with Gasteiger partial charge in [-0.1, -0.05) is 42.5 Å². The van der Waals surface area contributed by atoms with Crippen molar-refractivity contribution in [2.24, 2.45) is 5.73 Å². The molecule has 0 unspecified atom stereocenters. The Morgan fingerprint density at radius 3 is 2.46 bits per heavy atom. The van der Waals surface area contributed by atoms with Gasteiger partial charge in [0, 0.05) is 39.6 Å². The fourth-order valence-electron chi connectivity index (χ4n) is 3.73. The molecule has 1 aliphatic rings. The SMILES string of the molecule is CN(C)C(=O)N1C[C@@H](c2ccccc2)C[C@@H](S(=O)(=O)c2cccc(CN)c2)C1. The van der Waals surface area contributed by atoms with Gasteiger partial charge in [-0.3, -0.25) is 0 Å². The van der Waals surface area contributed by atoms with E-state index in [1.807, 2.05) is 36.4 Å². The van der Waals surface area contributed by atoms with Gasteiger partial charge in [-0.25, -0.2) is 13.2 Å². The second kappa shape index (κ2) is 8.32. The lowest BCUT2D eigenvalue weighted by Crippen LogP contribution is -2.51. The summed E-state index contributed by atoms with van der Waals surface area (Å²) in [5.41, 5.74) is 7.51. The summed E-state index contributed by atoms with van der Waals surface area (Å²) < 4.78 is 26.8. The smallest absolute Gasteiger partial charge is 0.319 e. The first-order chi connectivity index (χ1) is 13.3. The van der Waals surface area contributed by atoms with E-state index in [9.17, 15) is 13.2 Å². The molecule has 2 N–H and O–H groups in total. The number of urea groups is 1. The average molecular weight is 402 g/mol. The highest BCUT2D eigenvalue weighted by Gasteiger charge is 2.38. The van der Waals surface area contributed by atoms with Crippen molar-refractivity contribution in [2.75, 3.05) is 27.2 Å². The fraction of sp³-hybridized carbons (Fsp3) is 0.381. The minimum absolute atomic E-state index is 0.0312. The van der Waals surface area contributed by atoms with Crippen LogP contribution in [0.2, 0.25) is 0 Å². The van der Waals surface area contributed by atoms with Crippen molar-refractivity contribution >= 4 is 15.9 Å². The normalized spacial score (nSPS) is 20.0. The molecule has 1 fully saturated rings. The number of likely N-dealkylation sites (tertiary alicyclic amines) is 1. The number of carbonyl (C=O) groups excluding carboxylic acids is 1. The Bertz CT molecular complexity index is 929. The summed E-state index contributed by atoms with van der Waals surface area (Å²) >= 11 is 0. The van der Waals surface area contributed by atoms with Crippen molar-refractivity contribution in [1.82, 2.24) is 9.80 Å². The maximum atomic E-state index is 13.4. The zero-order chi connectivity index (χ0) is 20.3. The van der Waals surface area contributed by atoms with Crippen molar-refractivity contribution < 1.29 is 13.2 Å². The van der Waals surface area contributed by atoms with E-state index in [-0.39, 0.29) is 29.9 Å². The Balaban J connectivity index is 1.96. The third-order valence-corrected chi connectivity index (χ3v) is 7.37. The first-order valence-electron chi connectivity index (χ1n) is 9.37. The summed E-state index contributed by atoms with van der Waals surface area (Å²) in [6.45, 7) is 0.983. The van der Waals surface area contributed by atoms with Crippen LogP contribution in [0.5, 0.6) is 0 Å². The predicted octanol–water partition coefficient (Wildman–Crippen LogP) is 2.46. The van der Waals surface area contributed by atoms with Crippen LogP contribution in [0.4, 0.5) is 4.79 Å². The number of nitrogens with two attached hydrogens (primary N) is 1. The number of sulfone groups is 1. The molecule has 2 aromatic carbocycles. The third-order valence-electron chi connectivity index (χ3n) is 5.24. The van der Waals surface area contributed by atoms with E-state index in [1.54, 1.807) is 37.2 Å². The molecule has 0 spiro atoms. The number of amides is 2. The van der Waals surface area contributed by atoms with E-state index >= 15 is 0 Å². The van der Waals surface area contributed by atoms with Crippen LogP contribution in [0.3, 0.4) is 0 Å². The maximum Gasteiger partial charge on any atom is 0.319 e.